The lowest BCUT2D eigenvalue weighted by Gasteiger charge is -2.28. The highest BCUT2D eigenvalue weighted by atomic mass is 35.5. The van der Waals surface area contributed by atoms with E-state index < -0.39 is 33.7 Å². The van der Waals surface area contributed by atoms with Crippen molar-refractivity contribution in [1.82, 2.24) is 0 Å². The van der Waals surface area contributed by atoms with Gasteiger partial charge in [-0.05, 0) is 43.2 Å². The van der Waals surface area contributed by atoms with Crippen LogP contribution in [0.25, 0.3) is 0 Å². The third-order valence-corrected chi connectivity index (χ3v) is 8.70. The topological polar surface area (TPSA) is 78.8 Å². The molecule has 0 spiro atoms. The van der Waals surface area contributed by atoms with Crippen LogP contribution in [-0.2, 0) is 20.8 Å². The van der Waals surface area contributed by atoms with Gasteiger partial charge in [0.25, 0.3) is 0 Å². The summed E-state index contributed by atoms with van der Waals surface area (Å²) in [5, 5.41) is 3.16. The largest absolute Gasteiger partial charge is 0.416 e. The lowest BCUT2D eigenvalue weighted by molar-refractivity contribution is -0.137. The number of aryl methyl sites for hydroxylation is 2. The number of hydrogen-bond acceptors (Lipinski definition) is 6. The molecule has 2 aromatic rings. The number of anilines is 2. The van der Waals surface area contributed by atoms with Crippen LogP contribution in [0.15, 0.2) is 41.4 Å². The minimum absolute atomic E-state index is 0.0162. The van der Waals surface area contributed by atoms with Gasteiger partial charge in [0.2, 0.25) is 5.91 Å². The molecular weight excluding hydrogens is 511 g/mol. The summed E-state index contributed by atoms with van der Waals surface area (Å²) >= 11 is 7.29. The summed E-state index contributed by atoms with van der Waals surface area (Å²) < 4.78 is 64.4. The number of aliphatic imine (C=N–C) groups is 1. The van der Waals surface area contributed by atoms with Crippen molar-refractivity contribution in [2.75, 3.05) is 27.5 Å². The normalized spacial score (nSPS) is 21.4. The quantitative estimate of drug-likeness (QED) is 0.619. The highest BCUT2D eigenvalue weighted by molar-refractivity contribution is 8.14. The Kier molecular flexibility index (Phi) is 6.65. The molecule has 12 heteroatoms. The van der Waals surface area contributed by atoms with Crippen molar-refractivity contribution in [3.8, 4) is 0 Å². The Morgan fingerprint density at radius 3 is 2.53 bits per heavy atom. The highest BCUT2D eigenvalue weighted by Gasteiger charge is 2.48. The minimum Gasteiger partial charge on any atom is -0.325 e. The summed E-state index contributed by atoms with van der Waals surface area (Å²) in [6.07, 6.45) is -4.60. The number of thioether (sulfide) groups is 1. The fraction of sp³-hybridized carbons (Fsp3) is 0.364. The zero-order chi connectivity index (χ0) is 24.8. The monoisotopic (exact) mass is 531 g/mol. The highest BCUT2D eigenvalue weighted by Crippen LogP contribution is 2.41. The van der Waals surface area contributed by atoms with Crippen molar-refractivity contribution in [1.29, 1.82) is 0 Å². The van der Waals surface area contributed by atoms with Crippen molar-refractivity contribution in [3.05, 3.63) is 58.1 Å². The minimum atomic E-state index is -4.60. The number of nitrogens with zero attached hydrogens (tertiary/aromatic N) is 2. The number of amidine groups is 1. The van der Waals surface area contributed by atoms with E-state index in [1.807, 2.05) is 32.0 Å². The van der Waals surface area contributed by atoms with E-state index in [9.17, 15) is 26.4 Å². The average Bonchev–Trinajstić information content (AvgIpc) is 3.20. The van der Waals surface area contributed by atoms with Crippen molar-refractivity contribution in [3.63, 3.8) is 0 Å². The molecule has 2 atom stereocenters. The van der Waals surface area contributed by atoms with Crippen LogP contribution in [0, 0.1) is 13.8 Å². The molecular formula is C22H21ClF3N3O3S2. The van der Waals surface area contributed by atoms with Gasteiger partial charge in [0, 0.05) is 5.69 Å². The Hall–Kier alpha value is -2.24. The molecule has 1 amide bonds. The van der Waals surface area contributed by atoms with Gasteiger partial charge in [-0.2, -0.15) is 13.2 Å². The van der Waals surface area contributed by atoms with E-state index in [0.29, 0.717) is 5.69 Å². The molecule has 0 aliphatic carbocycles. The predicted molar refractivity (Wildman–Crippen MR) is 130 cm³/mol. The molecule has 0 radical (unpaired) electrons. The molecule has 0 bridgehead atoms. The Labute approximate surface area is 204 Å². The maximum Gasteiger partial charge on any atom is 0.416 e. The second-order valence-corrected chi connectivity index (χ2v) is 11.8. The molecule has 2 heterocycles. The first-order chi connectivity index (χ1) is 15.9. The molecule has 0 saturated carbocycles. The number of nitrogens with one attached hydrogen (secondary N) is 1. The molecule has 0 aromatic heterocycles. The van der Waals surface area contributed by atoms with E-state index in [4.69, 9.17) is 11.6 Å². The number of carbonyl (C=O) groups is 1. The average molecular weight is 532 g/mol. The first kappa shape index (κ1) is 24.9. The summed E-state index contributed by atoms with van der Waals surface area (Å²) in [5.74, 6) is -0.841. The standard InChI is InChI=1S/C22H21ClF3N3O3S2/c1-12-4-3-5-13(2)20(12)28-19(30)9-33-21-27-16-10-34(31,32)11-18(16)29(21)17-8-14(22(24,25)26)6-7-15(17)23/h3-8,16,18H,9-11H2,1-2H3,(H,28,30)/t16-,18-/m1/s1. The zero-order valence-corrected chi connectivity index (χ0v) is 20.6. The molecule has 34 heavy (non-hydrogen) atoms. The van der Waals surface area contributed by atoms with Gasteiger partial charge >= 0.3 is 6.18 Å². The first-order valence-electron chi connectivity index (χ1n) is 10.3. The van der Waals surface area contributed by atoms with Crippen LogP contribution in [0.4, 0.5) is 24.5 Å². The number of rotatable bonds is 4. The maximum atomic E-state index is 13.4. The fourth-order valence-electron chi connectivity index (χ4n) is 4.11. The maximum absolute atomic E-state index is 13.4. The number of hydrogen-bond donors (Lipinski definition) is 1. The Balaban J connectivity index is 1.60. The number of para-hydroxylation sites is 1. The smallest absolute Gasteiger partial charge is 0.325 e. The van der Waals surface area contributed by atoms with E-state index >= 15 is 0 Å². The number of carbonyl (C=O) groups excluding carboxylic acids is 1. The van der Waals surface area contributed by atoms with E-state index in [2.05, 4.69) is 10.3 Å². The molecule has 6 nitrogen and oxygen atoms in total. The Bertz CT molecular complexity index is 1260. The summed E-state index contributed by atoms with van der Waals surface area (Å²) in [6, 6.07) is 7.19. The summed E-state index contributed by atoms with van der Waals surface area (Å²) in [6.45, 7) is 3.74. The summed E-state index contributed by atoms with van der Waals surface area (Å²) in [5.41, 5.74) is 1.60. The van der Waals surface area contributed by atoms with Crippen LogP contribution in [-0.4, -0.2) is 48.8 Å². The first-order valence-corrected chi connectivity index (χ1v) is 13.5. The van der Waals surface area contributed by atoms with E-state index in [1.54, 1.807) is 0 Å². The molecule has 182 valence electrons. The third-order valence-electron chi connectivity index (χ3n) is 5.72. The lowest BCUT2D eigenvalue weighted by Crippen LogP contribution is -2.39. The fourth-order valence-corrected chi connectivity index (χ4v) is 7.07. The van der Waals surface area contributed by atoms with Crippen LogP contribution < -0.4 is 10.2 Å². The molecule has 1 N–H and O–H groups in total. The van der Waals surface area contributed by atoms with Crippen molar-refractivity contribution < 1.29 is 26.4 Å². The number of alkyl halides is 3. The van der Waals surface area contributed by atoms with Crippen molar-refractivity contribution in [2.45, 2.75) is 32.1 Å². The van der Waals surface area contributed by atoms with E-state index in [-0.39, 0.29) is 39.0 Å². The van der Waals surface area contributed by atoms with Crippen LogP contribution in [0.3, 0.4) is 0 Å². The molecule has 4 rings (SSSR count). The molecule has 2 aliphatic rings. The second kappa shape index (κ2) is 9.09. The van der Waals surface area contributed by atoms with Crippen molar-refractivity contribution >= 4 is 55.6 Å². The molecule has 1 saturated heterocycles. The van der Waals surface area contributed by atoms with Gasteiger partial charge < -0.3 is 10.2 Å². The lowest BCUT2D eigenvalue weighted by atomic mass is 10.1. The number of fused-ring (bicyclic) bond motifs is 1. The van der Waals surface area contributed by atoms with Gasteiger partial charge in [-0.15, -0.1) is 0 Å². The van der Waals surface area contributed by atoms with Gasteiger partial charge in [-0.1, -0.05) is 41.6 Å². The van der Waals surface area contributed by atoms with Gasteiger partial charge in [-0.25, -0.2) is 8.42 Å². The number of benzene rings is 2. The van der Waals surface area contributed by atoms with Gasteiger partial charge in [-0.3, -0.25) is 9.79 Å². The predicted octanol–water partition coefficient (Wildman–Crippen LogP) is 4.69. The summed E-state index contributed by atoms with van der Waals surface area (Å²) in [7, 11) is -3.41. The molecule has 2 aromatic carbocycles. The van der Waals surface area contributed by atoms with Crippen LogP contribution >= 0.6 is 23.4 Å². The van der Waals surface area contributed by atoms with Gasteiger partial charge in [0.05, 0.1) is 45.6 Å². The summed E-state index contributed by atoms with van der Waals surface area (Å²) in [4.78, 5) is 18.5. The molecule has 2 aliphatic heterocycles. The zero-order valence-electron chi connectivity index (χ0n) is 18.2. The Morgan fingerprint density at radius 2 is 1.88 bits per heavy atom. The number of halogens is 4. The van der Waals surface area contributed by atoms with Gasteiger partial charge in [0.15, 0.2) is 15.0 Å². The number of amides is 1. The Morgan fingerprint density at radius 1 is 1.21 bits per heavy atom. The third kappa shape index (κ3) is 5.06. The molecule has 0 unspecified atom stereocenters. The second-order valence-electron chi connectivity index (χ2n) is 8.26. The SMILES string of the molecule is Cc1cccc(C)c1NC(=O)CSC1=N[C@@H]2CS(=O)(=O)C[C@H]2N1c1cc(C(F)(F)F)ccc1Cl. The number of sulfone groups is 1. The van der Waals surface area contributed by atoms with Crippen LogP contribution in [0.2, 0.25) is 5.02 Å². The van der Waals surface area contributed by atoms with Gasteiger partial charge in [0.1, 0.15) is 0 Å². The van der Waals surface area contributed by atoms with Crippen LogP contribution in [0.5, 0.6) is 0 Å². The van der Waals surface area contributed by atoms with Crippen LogP contribution in [0.1, 0.15) is 16.7 Å². The van der Waals surface area contributed by atoms with E-state index in [0.717, 1.165) is 41.1 Å². The molecule has 1 fully saturated rings. The van der Waals surface area contributed by atoms with Crippen molar-refractivity contribution in [2.24, 2.45) is 4.99 Å². The van der Waals surface area contributed by atoms with E-state index in [1.165, 1.54) is 4.90 Å².